The van der Waals surface area contributed by atoms with Crippen LogP contribution in [0.15, 0.2) is 24.3 Å². The van der Waals surface area contributed by atoms with E-state index in [1.165, 1.54) is 6.92 Å². The first-order valence-electron chi connectivity index (χ1n) is 6.78. The first kappa shape index (κ1) is 16.0. The molecule has 0 atom stereocenters. The van der Waals surface area contributed by atoms with E-state index in [9.17, 15) is 9.59 Å². The number of rotatable bonds is 7. The standard InChI is InChI=1S/C15H22N2O3/c1-4-10-16-15(19)9-11-17(12(2)18)13-7-5-6-8-14(13)20-3/h5-8H,4,9-11H2,1-3H3,(H,16,19). The van der Waals surface area contributed by atoms with E-state index in [4.69, 9.17) is 4.74 Å². The van der Waals surface area contributed by atoms with Crippen LogP contribution in [0.1, 0.15) is 26.7 Å². The lowest BCUT2D eigenvalue weighted by atomic mass is 10.2. The van der Waals surface area contributed by atoms with Crippen molar-refractivity contribution in [2.75, 3.05) is 25.1 Å². The van der Waals surface area contributed by atoms with Crippen molar-refractivity contribution < 1.29 is 14.3 Å². The molecule has 0 heterocycles. The zero-order valence-electron chi connectivity index (χ0n) is 12.3. The van der Waals surface area contributed by atoms with E-state index >= 15 is 0 Å². The van der Waals surface area contributed by atoms with Crippen molar-refractivity contribution in [3.05, 3.63) is 24.3 Å². The highest BCUT2D eigenvalue weighted by molar-refractivity contribution is 5.93. The lowest BCUT2D eigenvalue weighted by molar-refractivity contribution is -0.121. The maximum absolute atomic E-state index is 11.8. The van der Waals surface area contributed by atoms with E-state index in [1.807, 2.05) is 25.1 Å². The Hall–Kier alpha value is -2.04. The van der Waals surface area contributed by atoms with Crippen LogP contribution >= 0.6 is 0 Å². The van der Waals surface area contributed by atoms with Crippen molar-refractivity contribution in [3.8, 4) is 5.75 Å². The summed E-state index contributed by atoms with van der Waals surface area (Å²) in [4.78, 5) is 25.0. The second-order valence-corrected chi connectivity index (χ2v) is 4.44. The molecular formula is C15H22N2O3. The van der Waals surface area contributed by atoms with E-state index in [0.717, 1.165) is 6.42 Å². The Kier molecular flexibility index (Phi) is 6.56. The summed E-state index contributed by atoms with van der Waals surface area (Å²) in [6, 6.07) is 7.28. The highest BCUT2D eigenvalue weighted by atomic mass is 16.5. The molecule has 0 spiro atoms. The van der Waals surface area contributed by atoms with Gasteiger partial charge in [-0.2, -0.15) is 0 Å². The van der Waals surface area contributed by atoms with Gasteiger partial charge < -0.3 is 15.0 Å². The monoisotopic (exact) mass is 278 g/mol. The number of anilines is 1. The predicted molar refractivity (Wildman–Crippen MR) is 78.9 cm³/mol. The summed E-state index contributed by atoms with van der Waals surface area (Å²) < 4.78 is 5.25. The van der Waals surface area contributed by atoms with Gasteiger partial charge in [0.2, 0.25) is 11.8 Å². The van der Waals surface area contributed by atoms with Gasteiger partial charge >= 0.3 is 0 Å². The number of carbonyl (C=O) groups excluding carboxylic acids is 2. The summed E-state index contributed by atoms with van der Waals surface area (Å²) in [5, 5.41) is 2.80. The number of carbonyl (C=O) groups is 2. The number of hydrogen-bond acceptors (Lipinski definition) is 3. The van der Waals surface area contributed by atoms with Crippen molar-refractivity contribution in [3.63, 3.8) is 0 Å². The lowest BCUT2D eigenvalue weighted by Crippen LogP contribution is -2.34. The summed E-state index contributed by atoms with van der Waals surface area (Å²) in [5.74, 6) is 0.461. The maximum atomic E-state index is 11.8. The SMILES string of the molecule is CCCNC(=O)CCN(C(C)=O)c1ccccc1OC. The van der Waals surface area contributed by atoms with Crippen LogP contribution in [0, 0.1) is 0 Å². The number of methoxy groups -OCH3 is 1. The van der Waals surface area contributed by atoms with Crippen molar-refractivity contribution in [2.45, 2.75) is 26.7 Å². The number of nitrogens with one attached hydrogen (secondary N) is 1. The molecule has 20 heavy (non-hydrogen) atoms. The number of nitrogens with zero attached hydrogens (tertiary/aromatic N) is 1. The number of hydrogen-bond donors (Lipinski definition) is 1. The molecule has 0 saturated heterocycles. The third-order valence-corrected chi connectivity index (χ3v) is 2.89. The molecule has 1 aromatic carbocycles. The summed E-state index contributed by atoms with van der Waals surface area (Å²) in [6.07, 6.45) is 1.17. The maximum Gasteiger partial charge on any atom is 0.223 e. The molecule has 1 N–H and O–H groups in total. The van der Waals surface area contributed by atoms with E-state index in [0.29, 0.717) is 24.5 Å². The third-order valence-electron chi connectivity index (χ3n) is 2.89. The van der Waals surface area contributed by atoms with E-state index < -0.39 is 0 Å². The highest BCUT2D eigenvalue weighted by Gasteiger charge is 2.16. The van der Waals surface area contributed by atoms with Crippen LogP contribution in [0.4, 0.5) is 5.69 Å². The van der Waals surface area contributed by atoms with Gasteiger partial charge in [0.25, 0.3) is 0 Å². The predicted octanol–water partition coefficient (Wildman–Crippen LogP) is 1.96. The van der Waals surface area contributed by atoms with Crippen molar-refractivity contribution in [1.82, 2.24) is 5.32 Å². The van der Waals surface area contributed by atoms with E-state index in [2.05, 4.69) is 5.32 Å². The van der Waals surface area contributed by atoms with Crippen molar-refractivity contribution in [1.29, 1.82) is 0 Å². The van der Waals surface area contributed by atoms with Gasteiger partial charge in [-0.1, -0.05) is 19.1 Å². The van der Waals surface area contributed by atoms with E-state index in [-0.39, 0.29) is 18.2 Å². The molecule has 0 aliphatic rings. The Morgan fingerprint density at radius 2 is 2.00 bits per heavy atom. The summed E-state index contributed by atoms with van der Waals surface area (Å²) in [5.41, 5.74) is 0.686. The van der Waals surface area contributed by atoms with Gasteiger partial charge in [-0.25, -0.2) is 0 Å². The van der Waals surface area contributed by atoms with Crippen molar-refractivity contribution >= 4 is 17.5 Å². The number of amides is 2. The summed E-state index contributed by atoms with van der Waals surface area (Å²) in [7, 11) is 1.56. The smallest absolute Gasteiger partial charge is 0.223 e. The van der Waals surface area contributed by atoms with Gasteiger partial charge in [0.1, 0.15) is 5.75 Å². The van der Waals surface area contributed by atoms with Crippen LogP contribution in [0.25, 0.3) is 0 Å². The van der Waals surface area contributed by atoms with Gasteiger partial charge in [-0.15, -0.1) is 0 Å². The molecule has 110 valence electrons. The Balaban J connectivity index is 2.75. The average Bonchev–Trinajstić information content (AvgIpc) is 2.45. The average molecular weight is 278 g/mol. The molecule has 0 aliphatic heterocycles. The minimum atomic E-state index is -0.113. The number of ether oxygens (including phenoxy) is 1. The van der Waals surface area contributed by atoms with Gasteiger partial charge in [0, 0.05) is 26.4 Å². The topological polar surface area (TPSA) is 58.6 Å². The zero-order chi connectivity index (χ0) is 15.0. The fourth-order valence-corrected chi connectivity index (χ4v) is 1.87. The highest BCUT2D eigenvalue weighted by Crippen LogP contribution is 2.27. The molecule has 1 aromatic rings. The van der Waals surface area contributed by atoms with Gasteiger partial charge in [0.15, 0.2) is 0 Å². The fourth-order valence-electron chi connectivity index (χ4n) is 1.87. The molecule has 0 unspecified atom stereocenters. The minimum absolute atomic E-state index is 0.0482. The minimum Gasteiger partial charge on any atom is -0.495 e. The van der Waals surface area contributed by atoms with Gasteiger partial charge in [0.05, 0.1) is 12.8 Å². The van der Waals surface area contributed by atoms with Crippen molar-refractivity contribution in [2.24, 2.45) is 0 Å². The molecule has 0 fully saturated rings. The normalized spacial score (nSPS) is 9.95. The number of benzene rings is 1. The Bertz CT molecular complexity index is 460. The Morgan fingerprint density at radius 3 is 2.60 bits per heavy atom. The van der Waals surface area contributed by atoms with Crippen LogP contribution in [0.2, 0.25) is 0 Å². The number of para-hydroxylation sites is 2. The molecule has 0 bridgehead atoms. The molecule has 0 radical (unpaired) electrons. The fraction of sp³-hybridized carbons (Fsp3) is 0.467. The Morgan fingerprint density at radius 1 is 1.30 bits per heavy atom. The Labute approximate surface area is 119 Å². The molecule has 0 saturated carbocycles. The molecule has 0 aromatic heterocycles. The second-order valence-electron chi connectivity index (χ2n) is 4.44. The zero-order valence-corrected chi connectivity index (χ0v) is 12.3. The lowest BCUT2D eigenvalue weighted by Gasteiger charge is -2.23. The van der Waals surface area contributed by atoms with Crippen LogP contribution in [-0.4, -0.2) is 32.0 Å². The molecule has 1 rings (SSSR count). The molecule has 5 nitrogen and oxygen atoms in total. The third kappa shape index (κ3) is 4.57. The molecule has 0 aliphatic carbocycles. The van der Waals surface area contributed by atoms with E-state index in [1.54, 1.807) is 18.1 Å². The second kappa shape index (κ2) is 8.19. The first-order chi connectivity index (χ1) is 9.60. The molecule has 2 amide bonds. The van der Waals surface area contributed by atoms with Gasteiger partial charge in [-0.3, -0.25) is 9.59 Å². The summed E-state index contributed by atoms with van der Waals surface area (Å²) >= 11 is 0. The largest absolute Gasteiger partial charge is 0.495 e. The van der Waals surface area contributed by atoms with Crippen LogP contribution < -0.4 is 15.0 Å². The van der Waals surface area contributed by atoms with Crippen LogP contribution in [0.5, 0.6) is 5.75 Å². The van der Waals surface area contributed by atoms with Crippen LogP contribution in [-0.2, 0) is 9.59 Å². The quantitative estimate of drug-likeness (QED) is 0.829. The molecular weight excluding hydrogens is 256 g/mol. The molecule has 5 heteroatoms. The van der Waals surface area contributed by atoms with Crippen LogP contribution in [0.3, 0.4) is 0 Å². The summed E-state index contributed by atoms with van der Waals surface area (Å²) in [6.45, 7) is 4.48. The first-order valence-corrected chi connectivity index (χ1v) is 6.78. The van der Waals surface area contributed by atoms with Gasteiger partial charge in [-0.05, 0) is 18.6 Å².